The highest BCUT2D eigenvalue weighted by Gasteiger charge is 2.15. The van der Waals surface area contributed by atoms with Crippen molar-refractivity contribution in [3.8, 4) is 0 Å². The average molecular weight is 271 g/mol. The number of rotatable bonds is 4. The van der Waals surface area contributed by atoms with Crippen molar-refractivity contribution < 1.29 is 19.4 Å². The molecule has 0 aliphatic rings. The van der Waals surface area contributed by atoms with Gasteiger partial charge < -0.3 is 20.0 Å². The zero-order chi connectivity index (χ0) is 13.8. The summed E-state index contributed by atoms with van der Waals surface area (Å²) in [6, 6.07) is 0. The van der Waals surface area contributed by atoms with Crippen molar-refractivity contribution in [3.05, 3.63) is 16.1 Å². The Bertz CT molecular complexity index is 436. The lowest BCUT2D eigenvalue weighted by Gasteiger charge is -2.19. The van der Waals surface area contributed by atoms with E-state index in [4.69, 9.17) is 4.74 Å². The molecule has 0 radical (unpaired) electrons. The lowest BCUT2D eigenvalue weighted by Crippen LogP contribution is -2.33. The van der Waals surface area contributed by atoms with Crippen LogP contribution in [0.1, 0.15) is 36.3 Å². The van der Waals surface area contributed by atoms with Gasteiger partial charge in [-0.25, -0.2) is 9.78 Å². The van der Waals surface area contributed by atoms with E-state index in [0.717, 1.165) is 0 Å². The topological polar surface area (TPSA) is 91.3 Å². The van der Waals surface area contributed by atoms with Gasteiger partial charge in [-0.3, -0.25) is 0 Å². The molecular formula is C11H15N2O4S-. The number of amides is 1. The number of nitrogens with one attached hydrogen (secondary N) is 1. The second-order valence-corrected chi connectivity index (χ2v) is 5.54. The summed E-state index contributed by atoms with van der Waals surface area (Å²) in [5.74, 6) is -1.29. The largest absolute Gasteiger partial charge is 0.543 e. The predicted molar refractivity (Wildman–Crippen MR) is 64.4 cm³/mol. The maximum Gasteiger partial charge on any atom is 0.407 e. The number of carbonyl (C=O) groups excluding carboxylic acids is 2. The molecule has 0 atom stereocenters. The van der Waals surface area contributed by atoms with Gasteiger partial charge in [0.15, 0.2) is 0 Å². The zero-order valence-corrected chi connectivity index (χ0v) is 11.3. The minimum atomic E-state index is -1.29. The molecule has 18 heavy (non-hydrogen) atoms. The molecule has 1 aromatic heterocycles. The third-order valence-electron chi connectivity index (χ3n) is 1.77. The Hall–Kier alpha value is -1.63. The van der Waals surface area contributed by atoms with Crippen LogP contribution in [0.4, 0.5) is 4.79 Å². The maximum atomic E-state index is 11.3. The van der Waals surface area contributed by atoms with E-state index in [2.05, 4.69) is 10.3 Å². The number of aromatic nitrogens is 1. The molecule has 0 saturated heterocycles. The fraction of sp³-hybridized carbons (Fsp3) is 0.545. The van der Waals surface area contributed by atoms with Crippen LogP contribution in [0.25, 0.3) is 0 Å². The highest BCUT2D eigenvalue weighted by molar-refractivity contribution is 7.09. The molecular weight excluding hydrogens is 256 g/mol. The Kier molecular flexibility index (Phi) is 4.66. The summed E-state index contributed by atoms with van der Waals surface area (Å²) in [6.07, 6.45) is -0.0452. The summed E-state index contributed by atoms with van der Waals surface area (Å²) in [6.45, 7) is 5.67. The molecule has 6 nitrogen and oxygen atoms in total. The van der Waals surface area contributed by atoms with Crippen LogP contribution in [-0.2, 0) is 11.2 Å². The van der Waals surface area contributed by atoms with Gasteiger partial charge in [0.25, 0.3) is 0 Å². The maximum absolute atomic E-state index is 11.3. The Balaban J connectivity index is 2.33. The molecule has 0 aromatic carbocycles. The molecule has 0 spiro atoms. The van der Waals surface area contributed by atoms with Crippen molar-refractivity contribution in [1.29, 1.82) is 0 Å². The molecule has 1 N–H and O–H groups in total. The van der Waals surface area contributed by atoms with Crippen molar-refractivity contribution >= 4 is 23.4 Å². The van der Waals surface area contributed by atoms with E-state index in [1.54, 1.807) is 20.8 Å². The number of carbonyl (C=O) groups is 2. The summed E-state index contributed by atoms with van der Waals surface area (Å²) in [4.78, 5) is 25.6. The van der Waals surface area contributed by atoms with Gasteiger partial charge in [0.2, 0.25) is 0 Å². The number of hydrogen-bond acceptors (Lipinski definition) is 6. The summed E-state index contributed by atoms with van der Waals surface area (Å²) in [5.41, 5.74) is -0.611. The van der Waals surface area contributed by atoms with Gasteiger partial charge in [-0.15, -0.1) is 11.3 Å². The monoisotopic (exact) mass is 271 g/mol. The number of carboxylic acid groups (broad SMARTS) is 1. The predicted octanol–water partition coefficient (Wildman–Crippen LogP) is 0.574. The summed E-state index contributed by atoms with van der Waals surface area (Å²) in [7, 11) is 0. The molecule has 0 aliphatic heterocycles. The number of ether oxygens (including phenoxy) is 1. The number of hydrogen-bond donors (Lipinski definition) is 1. The summed E-state index contributed by atoms with van der Waals surface area (Å²) >= 11 is 1.22. The number of nitrogens with zero attached hydrogens (tertiary/aromatic N) is 1. The van der Waals surface area contributed by atoms with E-state index >= 15 is 0 Å². The van der Waals surface area contributed by atoms with Crippen LogP contribution < -0.4 is 10.4 Å². The van der Waals surface area contributed by atoms with Crippen molar-refractivity contribution in [2.75, 3.05) is 6.54 Å². The second-order valence-electron chi connectivity index (χ2n) is 4.59. The molecule has 0 unspecified atom stereocenters. The first kappa shape index (κ1) is 14.4. The van der Waals surface area contributed by atoms with Gasteiger partial charge in [0.1, 0.15) is 5.60 Å². The van der Waals surface area contributed by atoms with Gasteiger partial charge in [0, 0.05) is 18.3 Å². The third kappa shape index (κ3) is 5.13. The van der Waals surface area contributed by atoms with Crippen LogP contribution >= 0.6 is 11.3 Å². The smallest absolute Gasteiger partial charge is 0.407 e. The second kappa shape index (κ2) is 5.81. The zero-order valence-electron chi connectivity index (χ0n) is 10.5. The molecule has 1 heterocycles. The molecule has 1 amide bonds. The van der Waals surface area contributed by atoms with Crippen LogP contribution in [0.2, 0.25) is 0 Å². The molecule has 1 rings (SSSR count). The number of carboxylic acids is 1. The molecule has 100 valence electrons. The van der Waals surface area contributed by atoms with Gasteiger partial charge in [-0.05, 0) is 20.8 Å². The van der Waals surface area contributed by atoms with E-state index in [1.165, 1.54) is 16.7 Å². The van der Waals surface area contributed by atoms with Crippen LogP contribution in [0.3, 0.4) is 0 Å². The number of thiazole rings is 1. The normalized spacial score (nSPS) is 11.1. The fourth-order valence-corrected chi connectivity index (χ4v) is 1.87. The minimum absolute atomic E-state index is 0.0766. The van der Waals surface area contributed by atoms with Crippen molar-refractivity contribution in [2.45, 2.75) is 32.8 Å². The van der Waals surface area contributed by atoms with Crippen LogP contribution in [-0.4, -0.2) is 29.2 Å². The first-order valence-electron chi connectivity index (χ1n) is 5.40. The molecule has 0 bridgehead atoms. The van der Waals surface area contributed by atoms with Crippen molar-refractivity contribution in [2.24, 2.45) is 0 Å². The van der Waals surface area contributed by atoms with E-state index in [9.17, 15) is 14.7 Å². The SMILES string of the molecule is CC(C)(C)OC(=O)NCCc1nc(C(=O)[O-])cs1. The highest BCUT2D eigenvalue weighted by Crippen LogP contribution is 2.10. The lowest BCUT2D eigenvalue weighted by molar-refractivity contribution is -0.255. The quantitative estimate of drug-likeness (QED) is 0.864. The molecule has 0 saturated carbocycles. The van der Waals surface area contributed by atoms with E-state index in [-0.39, 0.29) is 5.69 Å². The van der Waals surface area contributed by atoms with Gasteiger partial charge in [0.05, 0.1) is 16.7 Å². The van der Waals surface area contributed by atoms with E-state index < -0.39 is 17.7 Å². The van der Waals surface area contributed by atoms with Gasteiger partial charge in [-0.2, -0.15) is 0 Å². The molecule has 7 heteroatoms. The van der Waals surface area contributed by atoms with E-state index in [0.29, 0.717) is 18.0 Å². The van der Waals surface area contributed by atoms with Gasteiger partial charge in [-0.1, -0.05) is 0 Å². The van der Waals surface area contributed by atoms with E-state index in [1.807, 2.05) is 0 Å². The van der Waals surface area contributed by atoms with Crippen LogP contribution in [0, 0.1) is 0 Å². The van der Waals surface area contributed by atoms with Gasteiger partial charge >= 0.3 is 6.09 Å². The van der Waals surface area contributed by atoms with Crippen LogP contribution in [0.15, 0.2) is 5.38 Å². The van der Waals surface area contributed by atoms with Crippen molar-refractivity contribution in [3.63, 3.8) is 0 Å². The number of alkyl carbamates (subject to hydrolysis) is 1. The van der Waals surface area contributed by atoms with Crippen LogP contribution in [0.5, 0.6) is 0 Å². The first-order chi connectivity index (χ1) is 8.28. The number of aromatic carboxylic acids is 1. The summed E-state index contributed by atoms with van der Waals surface area (Å²) in [5, 5.41) is 15.1. The summed E-state index contributed by atoms with van der Waals surface area (Å²) < 4.78 is 5.05. The Morgan fingerprint density at radius 1 is 1.50 bits per heavy atom. The third-order valence-corrected chi connectivity index (χ3v) is 2.68. The standard InChI is InChI=1S/C11H16N2O4S/c1-11(2,3)17-10(16)12-5-4-8-13-7(6-18-8)9(14)15/h6H,4-5H2,1-3H3,(H,12,16)(H,14,15)/p-1. The first-order valence-corrected chi connectivity index (χ1v) is 6.28. The highest BCUT2D eigenvalue weighted by atomic mass is 32.1. The molecule has 0 fully saturated rings. The fourth-order valence-electron chi connectivity index (χ4n) is 1.11. The lowest BCUT2D eigenvalue weighted by atomic mass is 10.2. The van der Waals surface area contributed by atoms with Crippen molar-refractivity contribution in [1.82, 2.24) is 10.3 Å². The molecule has 1 aromatic rings. The average Bonchev–Trinajstić information content (AvgIpc) is 2.63. The minimum Gasteiger partial charge on any atom is -0.543 e. The Labute approximate surface area is 109 Å². The Morgan fingerprint density at radius 3 is 2.67 bits per heavy atom. The Morgan fingerprint density at radius 2 is 2.17 bits per heavy atom. The molecule has 0 aliphatic carbocycles.